The van der Waals surface area contributed by atoms with Crippen molar-refractivity contribution < 1.29 is 9.53 Å². The summed E-state index contributed by atoms with van der Waals surface area (Å²) in [6.45, 7) is 0. The molecule has 13 heavy (non-hydrogen) atoms. The highest BCUT2D eigenvalue weighted by Crippen LogP contribution is 2.16. The molecule has 0 spiro atoms. The predicted molar refractivity (Wildman–Crippen MR) is 45.3 cm³/mol. The molecule has 0 aliphatic carbocycles. The molecule has 5 heteroatoms. The maximum Gasteiger partial charge on any atom is 0.340 e. The lowest BCUT2D eigenvalue weighted by molar-refractivity contribution is 0.0600. The molecule has 0 bridgehead atoms. The van der Waals surface area contributed by atoms with Crippen LogP contribution in [0.5, 0.6) is 0 Å². The largest absolute Gasteiger partial charge is 0.465 e. The SMILES string of the molecule is COC(=O)c1cnc(C#N)cc1Cl. The fourth-order valence-corrected chi connectivity index (χ4v) is 0.981. The van der Waals surface area contributed by atoms with Crippen LogP contribution < -0.4 is 0 Å². The number of methoxy groups -OCH3 is 1. The van der Waals surface area contributed by atoms with Gasteiger partial charge in [0.2, 0.25) is 0 Å². The molecule has 0 N–H and O–H groups in total. The van der Waals surface area contributed by atoms with E-state index in [0.717, 1.165) is 0 Å². The number of hydrogen-bond donors (Lipinski definition) is 0. The molecule has 0 atom stereocenters. The van der Waals surface area contributed by atoms with E-state index in [1.807, 2.05) is 0 Å². The number of nitrogens with zero attached hydrogens (tertiary/aromatic N) is 2. The van der Waals surface area contributed by atoms with Crippen molar-refractivity contribution in [2.75, 3.05) is 7.11 Å². The van der Waals surface area contributed by atoms with E-state index in [1.54, 1.807) is 6.07 Å². The number of pyridine rings is 1. The Morgan fingerprint density at radius 2 is 2.46 bits per heavy atom. The number of aromatic nitrogens is 1. The van der Waals surface area contributed by atoms with Crippen molar-refractivity contribution in [3.8, 4) is 6.07 Å². The van der Waals surface area contributed by atoms with Crippen LogP contribution in [0.3, 0.4) is 0 Å². The normalized spacial score (nSPS) is 9.00. The van der Waals surface area contributed by atoms with Crippen molar-refractivity contribution in [2.45, 2.75) is 0 Å². The number of hydrogen-bond acceptors (Lipinski definition) is 4. The van der Waals surface area contributed by atoms with Crippen LogP contribution in [0, 0.1) is 11.3 Å². The zero-order chi connectivity index (χ0) is 9.84. The molecule has 1 heterocycles. The number of carbonyl (C=O) groups excluding carboxylic acids is 1. The minimum absolute atomic E-state index is 0.156. The minimum atomic E-state index is -0.568. The van der Waals surface area contributed by atoms with Gasteiger partial charge in [-0.15, -0.1) is 0 Å². The Morgan fingerprint density at radius 1 is 1.77 bits per heavy atom. The molecule has 0 saturated heterocycles. The van der Waals surface area contributed by atoms with E-state index in [1.165, 1.54) is 19.4 Å². The average molecular weight is 197 g/mol. The van der Waals surface area contributed by atoms with Gasteiger partial charge in [0, 0.05) is 6.20 Å². The Morgan fingerprint density at radius 3 is 2.92 bits per heavy atom. The van der Waals surface area contributed by atoms with Gasteiger partial charge in [0.05, 0.1) is 17.7 Å². The summed E-state index contributed by atoms with van der Waals surface area (Å²) >= 11 is 5.69. The second-order valence-electron chi connectivity index (χ2n) is 2.15. The average Bonchev–Trinajstić information content (AvgIpc) is 2.16. The minimum Gasteiger partial charge on any atom is -0.465 e. The van der Waals surface area contributed by atoms with E-state index in [9.17, 15) is 4.79 Å². The Labute approximate surface area is 79.7 Å². The molecule has 0 amide bonds. The van der Waals surface area contributed by atoms with Crippen molar-refractivity contribution >= 4 is 17.6 Å². The van der Waals surface area contributed by atoms with Crippen molar-refractivity contribution in [2.24, 2.45) is 0 Å². The lowest BCUT2D eigenvalue weighted by Gasteiger charge is -2.00. The highest BCUT2D eigenvalue weighted by atomic mass is 35.5. The maximum atomic E-state index is 11.0. The van der Waals surface area contributed by atoms with Gasteiger partial charge in [0.25, 0.3) is 0 Å². The fourth-order valence-electron chi connectivity index (χ4n) is 0.752. The quantitative estimate of drug-likeness (QED) is 0.637. The molecular formula is C8H5ClN2O2. The Bertz CT molecular complexity index is 384. The number of nitriles is 1. The van der Waals surface area contributed by atoms with Gasteiger partial charge in [-0.1, -0.05) is 11.6 Å². The molecular weight excluding hydrogens is 192 g/mol. The van der Waals surface area contributed by atoms with Crippen molar-refractivity contribution in [1.29, 1.82) is 5.26 Å². The molecule has 0 aromatic carbocycles. The van der Waals surface area contributed by atoms with Crippen LogP contribution in [0.25, 0.3) is 0 Å². The van der Waals surface area contributed by atoms with Gasteiger partial charge in [-0.2, -0.15) is 5.26 Å². The third kappa shape index (κ3) is 1.95. The topological polar surface area (TPSA) is 63.0 Å². The molecule has 0 aliphatic heterocycles. The van der Waals surface area contributed by atoms with Crippen molar-refractivity contribution in [1.82, 2.24) is 4.98 Å². The molecule has 0 fully saturated rings. The van der Waals surface area contributed by atoms with Gasteiger partial charge < -0.3 is 4.74 Å². The van der Waals surface area contributed by atoms with E-state index >= 15 is 0 Å². The monoisotopic (exact) mass is 196 g/mol. The van der Waals surface area contributed by atoms with Crippen molar-refractivity contribution in [3.63, 3.8) is 0 Å². The van der Waals surface area contributed by atoms with Crippen LogP contribution in [0.2, 0.25) is 5.02 Å². The number of esters is 1. The van der Waals surface area contributed by atoms with Crippen LogP contribution >= 0.6 is 11.6 Å². The van der Waals surface area contributed by atoms with Crippen LogP contribution in [0.4, 0.5) is 0 Å². The van der Waals surface area contributed by atoms with E-state index in [2.05, 4.69) is 9.72 Å². The van der Waals surface area contributed by atoms with Crippen LogP contribution in [-0.2, 0) is 4.74 Å². The summed E-state index contributed by atoms with van der Waals surface area (Å²) in [5.74, 6) is -0.568. The predicted octanol–water partition coefficient (Wildman–Crippen LogP) is 1.39. The molecule has 0 aliphatic rings. The zero-order valence-corrected chi connectivity index (χ0v) is 7.50. The van der Waals surface area contributed by atoms with E-state index < -0.39 is 5.97 Å². The van der Waals surface area contributed by atoms with Gasteiger partial charge in [0.15, 0.2) is 0 Å². The van der Waals surface area contributed by atoms with E-state index in [4.69, 9.17) is 16.9 Å². The number of halogens is 1. The maximum absolute atomic E-state index is 11.0. The second-order valence-corrected chi connectivity index (χ2v) is 2.56. The molecule has 1 rings (SSSR count). The molecule has 0 unspecified atom stereocenters. The fraction of sp³-hybridized carbons (Fsp3) is 0.125. The van der Waals surface area contributed by atoms with Gasteiger partial charge in [-0.3, -0.25) is 0 Å². The first-order valence-corrected chi connectivity index (χ1v) is 3.70. The highest BCUT2D eigenvalue weighted by molar-refractivity contribution is 6.33. The smallest absolute Gasteiger partial charge is 0.340 e. The molecule has 4 nitrogen and oxygen atoms in total. The summed E-state index contributed by atoms with van der Waals surface area (Å²) in [4.78, 5) is 14.7. The van der Waals surface area contributed by atoms with Gasteiger partial charge >= 0.3 is 5.97 Å². The van der Waals surface area contributed by atoms with Crippen LogP contribution in [0.1, 0.15) is 16.1 Å². The van der Waals surface area contributed by atoms with Crippen LogP contribution in [-0.4, -0.2) is 18.1 Å². The Hall–Kier alpha value is -1.60. The highest BCUT2D eigenvalue weighted by Gasteiger charge is 2.11. The third-order valence-corrected chi connectivity index (χ3v) is 1.69. The molecule has 66 valence electrons. The third-order valence-electron chi connectivity index (χ3n) is 1.37. The summed E-state index contributed by atoms with van der Waals surface area (Å²) in [6, 6.07) is 3.12. The van der Waals surface area contributed by atoms with Crippen molar-refractivity contribution in [3.05, 3.63) is 28.5 Å². The van der Waals surface area contributed by atoms with Gasteiger partial charge in [-0.25, -0.2) is 9.78 Å². The summed E-state index contributed by atoms with van der Waals surface area (Å²) in [7, 11) is 1.25. The lowest BCUT2D eigenvalue weighted by atomic mass is 10.2. The zero-order valence-electron chi connectivity index (χ0n) is 6.74. The van der Waals surface area contributed by atoms with E-state index in [0.29, 0.717) is 0 Å². The van der Waals surface area contributed by atoms with Gasteiger partial charge in [0.1, 0.15) is 11.8 Å². The standard InChI is InChI=1S/C8H5ClN2O2/c1-13-8(12)6-4-11-5(3-10)2-7(6)9/h2,4H,1H3. The Balaban J connectivity index is 3.14. The first-order valence-electron chi connectivity index (χ1n) is 3.33. The van der Waals surface area contributed by atoms with Gasteiger partial charge in [-0.05, 0) is 6.07 Å². The van der Waals surface area contributed by atoms with E-state index in [-0.39, 0.29) is 16.3 Å². The second kappa shape index (κ2) is 3.87. The summed E-state index contributed by atoms with van der Waals surface area (Å²) in [6.07, 6.45) is 1.21. The first-order chi connectivity index (χ1) is 6.19. The molecule has 1 aromatic heterocycles. The lowest BCUT2D eigenvalue weighted by Crippen LogP contribution is -2.03. The number of rotatable bonds is 1. The summed E-state index contributed by atoms with van der Waals surface area (Å²) in [5.41, 5.74) is 0.320. The van der Waals surface area contributed by atoms with Crippen LogP contribution in [0.15, 0.2) is 12.3 Å². The Kier molecular flexibility index (Phi) is 2.83. The molecule has 0 radical (unpaired) electrons. The number of ether oxygens (including phenoxy) is 1. The molecule has 1 aromatic rings. The summed E-state index contributed by atoms with van der Waals surface area (Å²) < 4.78 is 4.44. The molecule has 0 saturated carbocycles. The number of carbonyl (C=O) groups is 1. The summed E-state index contributed by atoms with van der Waals surface area (Å²) in [5, 5.41) is 8.63. The first kappa shape index (κ1) is 9.49.